The Kier molecular flexibility index (Phi) is 3.24. The van der Waals surface area contributed by atoms with Crippen LogP contribution in [0.15, 0.2) is 0 Å². The van der Waals surface area contributed by atoms with Crippen LogP contribution in [0.3, 0.4) is 0 Å². The molecule has 2 unspecified atom stereocenters. The predicted octanol–water partition coefficient (Wildman–Crippen LogP) is 1.80. The van der Waals surface area contributed by atoms with Crippen LogP contribution in [0.4, 0.5) is 0 Å². The van der Waals surface area contributed by atoms with Crippen LogP contribution in [0, 0.1) is 11.3 Å². The van der Waals surface area contributed by atoms with Gasteiger partial charge in [-0.3, -0.25) is 4.79 Å². The highest BCUT2D eigenvalue weighted by Crippen LogP contribution is 2.43. The fourth-order valence-electron chi connectivity index (χ4n) is 3.16. The number of β-amino-alcohol motifs (C(OH)–C–C–N with tert-alkyl or cyclic N) is 1. The number of carbonyl (C=O) groups is 1. The third kappa shape index (κ3) is 2.24. The molecule has 0 bridgehead atoms. The Morgan fingerprint density at radius 1 is 1.31 bits per heavy atom. The van der Waals surface area contributed by atoms with Gasteiger partial charge < -0.3 is 10.0 Å². The van der Waals surface area contributed by atoms with Gasteiger partial charge in [0, 0.05) is 19.0 Å². The van der Waals surface area contributed by atoms with Gasteiger partial charge >= 0.3 is 0 Å². The van der Waals surface area contributed by atoms with Crippen molar-refractivity contribution in [2.75, 3.05) is 13.1 Å². The summed E-state index contributed by atoms with van der Waals surface area (Å²) in [5, 5.41) is 9.61. The van der Waals surface area contributed by atoms with E-state index in [1.54, 1.807) is 0 Å². The van der Waals surface area contributed by atoms with E-state index in [4.69, 9.17) is 0 Å². The first-order chi connectivity index (χ1) is 7.50. The molecule has 3 heteroatoms. The topological polar surface area (TPSA) is 40.5 Å². The lowest BCUT2D eigenvalue weighted by Gasteiger charge is -2.35. The summed E-state index contributed by atoms with van der Waals surface area (Å²) < 4.78 is 0. The molecule has 0 radical (unpaired) electrons. The average molecular weight is 225 g/mol. The SMILES string of the molecule is CC1(C)CCCC1C(=O)N1CCCC(O)C1. The largest absolute Gasteiger partial charge is 0.391 e. The van der Waals surface area contributed by atoms with Gasteiger partial charge in [-0.1, -0.05) is 20.3 Å². The minimum atomic E-state index is -0.304. The minimum absolute atomic E-state index is 0.152. The normalized spacial score (nSPS) is 34.1. The molecule has 1 saturated heterocycles. The van der Waals surface area contributed by atoms with Crippen molar-refractivity contribution in [3.8, 4) is 0 Å². The monoisotopic (exact) mass is 225 g/mol. The van der Waals surface area contributed by atoms with Gasteiger partial charge in [0.05, 0.1) is 6.10 Å². The summed E-state index contributed by atoms with van der Waals surface area (Å²) >= 11 is 0. The quantitative estimate of drug-likeness (QED) is 0.739. The van der Waals surface area contributed by atoms with Crippen molar-refractivity contribution in [2.45, 2.75) is 52.1 Å². The number of hydrogen-bond donors (Lipinski definition) is 1. The maximum Gasteiger partial charge on any atom is 0.226 e. The Labute approximate surface area is 97.8 Å². The number of hydrogen-bond acceptors (Lipinski definition) is 2. The lowest BCUT2D eigenvalue weighted by molar-refractivity contribution is -0.141. The standard InChI is InChI=1S/C13H23NO2/c1-13(2)7-3-6-11(13)12(16)14-8-4-5-10(15)9-14/h10-11,15H,3-9H2,1-2H3. The number of rotatable bonds is 1. The van der Waals surface area contributed by atoms with Crippen LogP contribution in [0.5, 0.6) is 0 Å². The highest BCUT2D eigenvalue weighted by Gasteiger charge is 2.41. The molecule has 2 aliphatic rings. The van der Waals surface area contributed by atoms with Crippen LogP contribution >= 0.6 is 0 Å². The highest BCUT2D eigenvalue weighted by atomic mass is 16.3. The second-order valence-corrected chi connectivity index (χ2v) is 6.01. The fraction of sp³-hybridized carbons (Fsp3) is 0.923. The fourth-order valence-corrected chi connectivity index (χ4v) is 3.16. The molecule has 1 amide bonds. The third-order valence-corrected chi connectivity index (χ3v) is 4.26. The van der Waals surface area contributed by atoms with Crippen LogP contribution in [-0.4, -0.2) is 35.1 Å². The summed E-state index contributed by atoms with van der Waals surface area (Å²) in [4.78, 5) is 14.3. The zero-order valence-corrected chi connectivity index (χ0v) is 10.4. The van der Waals surface area contributed by atoms with Crippen molar-refractivity contribution < 1.29 is 9.90 Å². The van der Waals surface area contributed by atoms with Crippen molar-refractivity contribution in [1.29, 1.82) is 0 Å². The maximum absolute atomic E-state index is 12.4. The lowest BCUT2D eigenvalue weighted by atomic mass is 9.81. The molecule has 16 heavy (non-hydrogen) atoms. The van der Waals surface area contributed by atoms with Gasteiger partial charge in [-0.25, -0.2) is 0 Å². The van der Waals surface area contributed by atoms with Crippen molar-refractivity contribution in [3.63, 3.8) is 0 Å². The number of piperidine rings is 1. The number of amides is 1. The summed E-state index contributed by atoms with van der Waals surface area (Å²) in [6.07, 6.45) is 4.83. The van der Waals surface area contributed by atoms with Crippen LogP contribution < -0.4 is 0 Å². The van der Waals surface area contributed by atoms with E-state index in [2.05, 4.69) is 13.8 Å². The Hall–Kier alpha value is -0.570. The van der Waals surface area contributed by atoms with E-state index < -0.39 is 0 Å². The summed E-state index contributed by atoms with van der Waals surface area (Å²) in [5.74, 6) is 0.457. The van der Waals surface area contributed by atoms with Gasteiger partial charge in [0.2, 0.25) is 5.91 Å². The molecule has 3 nitrogen and oxygen atoms in total. The van der Waals surface area contributed by atoms with Crippen LogP contribution in [0.1, 0.15) is 46.0 Å². The molecule has 92 valence electrons. The van der Waals surface area contributed by atoms with E-state index in [0.717, 1.165) is 32.2 Å². The molecule has 0 spiro atoms. The van der Waals surface area contributed by atoms with Gasteiger partial charge in [-0.15, -0.1) is 0 Å². The number of likely N-dealkylation sites (tertiary alicyclic amines) is 1. The maximum atomic E-state index is 12.4. The lowest BCUT2D eigenvalue weighted by Crippen LogP contribution is -2.46. The van der Waals surface area contributed by atoms with Crippen molar-refractivity contribution in [2.24, 2.45) is 11.3 Å². The van der Waals surface area contributed by atoms with Crippen LogP contribution in [-0.2, 0) is 4.79 Å². The Morgan fingerprint density at radius 2 is 2.06 bits per heavy atom. The van der Waals surface area contributed by atoms with Gasteiger partial charge in [0.1, 0.15) is 0 Å². The second-order valence-electron chi connectivity index (χ2n) is 6.01. The van der Waals surface area contributed by atoms with E-state index in [9.17, 15) is 9.90 Å². The van der Waals surface area contributed by atoms with E-state index >= 15 is 0 Å². The molecule has 0 aromatic rings. The molecule has 2 rings (SSSR count). The summed E-state index contributed by atoms with van der Waals surface area (Å²) in [5.41, 5.74) is 0.152. The van der Waals surface area contributed by atoms with E-state index in [0.29, 0.717) is 6.54 Å². The zero-order valence-electron chi connectivity index (χ0n) is 10.4. The van der Waals surface area contributed by atoms with Gasteiger partial charge in [-0.05, 0) is 31.1 Å². The van der Waals surface area contributed by atoms with E-state index in [1.165, 1.54) is 6.42 Å². The van der Waals surface area contributed by atoms with Gasteiger partial charge in [0.25, 0.3) is 0 Å². The number of aliphatic hydroxyl groups is 1. The molecule has 2 fully saturated rings. The first-order valence-corrected chi connectivity index (χ1v) is 6.47. The molecule has 0 aromatic heterocycles. The van der Waals surface area contributed by atoms with Gasteiger partial charge in [0.15, 0.2) is 0 Å². The summed E-state index contributed by atoms with van der Waals surface area (Å²) in [7, 11) is 0. The minimum Gasteiger partial charge on any atom is -0.391 e. The van der Waals surface area contributed by atoms with Crippen LogP contribution in [0.2, 0.25) is 0 Å². The smallest absolute Gasteiger partial charge is 0.226 e. The Morgan fingerprint density at radius 3 is 2.62 bits per heavy atom. The molecule has 1 aliphatic heterocycles. The number of nitrogens with zero attached hydrogens (tertiary/aromatic N) is 1. The Bertz CT molecular complexity index is 275. The van der Waals surface area contributed by atoms with Crippen molar-refractivity contribution in [3.05, 3.63) is 0 Å². The number of carbonyl (C=O) groups excluding carboxylic acids is 1. The first-order valence-electron chi connectivity index (χ1n) is 6.47. The molecule has 1 saturated carbocycles. The molecule has 0 aromatic carbocycles. The van der Waals surface area contributed by atoms with Crippen molar-refractivity contribution >= 4 is 5.91 Å². The molecule has 1 heterocycles. The predicted molar refractivity (Wildman–Crippen MR) is 62.9 cm³/mol. The molecule has 2 atom stereocenters. The molecular formula is C13H23NO2. The Balaban J connectivity index is 2.01. The molecule has 1 aliphatic carbocycles. The summed E-state index contributed by atoms with van der Waals surface area (Å²) in [6.45, 7) is 5.78. The van der Waals surface area contributed by atoms with E-state index in [-0.39, 0.29) is 23.3 Å². The molecule has 1 N–H and O–H groups in total. The van der Waals surface area contributed by atoms with Crippen molar-refractivity contribution in [1.82, 2.24) is 4.90 Å². The highest BCUT2D eigenvalue weighted by molar-refractivity contribution is 5.80. The second kappa shape index (κ2) is 4.36. The first kappa shape index (κ1) is 11.9. The molecular weight excluding hydrogens is 202 g/mol. The summed E-state index contributed by atoms with van der Waals surface area (Å²) in [6, 6.07) is 0. The van der Waals surface area contributed by atoms with Gasteiger partial charge in [-0.2, -0.15) is 0 Å². The number of aliphatic hydroxyl groups excluding tert-OH is 1. The van der Waals surface area contributed by atoms with Crippen LogP contribution in [0.25, 0.3) is 0 Å². The van der Waals surface area contributed by atoms with E-state index in [1.807, 2.05) is 4.90 Å². The zero-order chi connectivity index (χ0) is 11.8. The average Bonchev–Trinajstić information content (AvgIpc) is 2.57. The third-order valence-electron chi connectivity index (χ3n) is 4.26.